The van der Waals surface area contributed by atoms with Crippen LogP contribution in [0.3, 0.4) is 0 Å². The summed E-state index contributed by atoms with van der Waals surface area (Å²) in [7, 11) is 5.39. The first-order valence-electron chi connectivity index (χ1n) is 33.4. The molecule has 0 saturated carbocycles. The molecule has 0 spiro atoms. The summed E-state index contributed by atoms with van der Waals surface area (Å²) >= 11 is 0. The van der Waals surface area contributed by atoms with Crippen LogP contribution in [0.15, 0.2) is 146 Å². The van der Waals surface area contributed by atoms with Gasteiger partial charge in [-0.2, -0.15) is 26.3 Å². The second-order valence-electron chi connectivity index (χ2n) is 24.2. The number of methoxy groups -OCH3 is 4. The van der Waals surface area contributed by atoms with Gasteiger partial charge in [-0.05, 0) is 85.6 Å². The highest BCUT2D eigenvalue weighted by molar-refractivity contribution is 6.45. The molecule has 0 bridgehead atoms. The quantitative estimate of drug-likeness (QED) is 0.00530. The average molecular weight is 1500 g/mol. The predicted octanol–water partition coefficient (Wildman–Crippen LogP) is 14.9. The van der Waals surface area contributed by atoms with Crippen LogP contribution in [0.2, 0.25) is 0 Å². The molecule has 0 aromatic heterocycles. The molecule has 24 nitrogen and oxygen atoms in total. The molecule has 4 amide bonds. The summed E-state index contributed by atoms with van der Waals surface area (Å²) in [5.74, 6) is -11.8. The molecule has 9 aromatic carbocycles. The van der Waals surface area contributed by atoms with Crippen molar-refractivity contribution in [1.29, 1.82) is 0 Å². The number of fused-ring (bicyclic) bond motifs is 2. The fourth-order valence-corrected chi connectivity index (χ4v) is 12.3. The first-order valence-corrected chi connectivity index (χ1v) is 33.4. The number of ether oxygens (including phenoxy) is 14. The minimum atomic E-state index is -5.29. The number of esters is 4. The Hall–Kier alpha value is -12.2. The first kappa shape index (κ1) is 76.9. The highest BCUT2D eigenvalue weighted by atomic mass is 19.4. The van der Waals surface area contributed by atoms with Crippen molar-refractivity contribution in [3.8, 4) is 69.0 Å². The number of carbonyl (C=O) groups excluding carboxylic acids is 8. The third-order valence-electron chi connectivity index (χ3n) is 17.4. The maximum absolute atomic E-state index is 15.9. The average Bonchev–Trinajstić information content (AvgIpc) is 0.670. The van der Waals surface area contributed by atoms with E-state index in [0.29, 0.717) is 12.8 Å². The van der Waals surface area contributed by atoms with Crippen LogP contribution in [0.5, 0.6) is 69.0 Å². The molecule has 9 aromatic rings. The lowest BCUT2D eigenvalue weighted by atomic mass is 9.80. The summed E-state index contributed by atoms with van der Waals surface area (Å²) in [6.45, 7) is 7.16. The fourth-order valence-electron chi connectivity index (χ4n) is 12.3. The number of imide groups is 2. The molecule has 2 heterocycles. The zero-order chi connectivity index (χ0) is 77.5. The van der Waals surface area contributed by atoms with Gasteiger partial charge in [0.2, 0.25) is 0 Å². The van der Waals surface area contributed by atoms with E-state index in [1.54, 1.807) is 38.1 Å². The van der Waals surface area contributed by atoms with Crippen LogP contribution in [0, 0.1) is 0 Å². The molecule has 2 unspecified atom stereocenters. The lowest BCUT2D eigenvalue weighted by molar-refractivity contribution is -0.168. The Morgan fingerprint density at radius 1 is 0.361 bits per heavy atom. The van der Waals surface area contributed by atoms with Gasteiger partial charge in [-0.15, -0.1) is 0 Å². The SMILES string of the molecule is C=C(CC)C(=O)OCCOCCOC(=O)C(CC(F)(F)F)N1C(=O)c2cc(Oc3cccc(OC)c3)c3c4c(Oc5cccc(OC)c5)cc5c6c(cc(Oc7cccc(OC)c7)c(c7c(Oc8cccc(OC)c8)cc(c2c37)C1=O)c64)C(=O)N(C(CC(F)(F)F)C(=O)OCCOCCOC(=O)C(=C)CC)C5=O. The summed E-state index contributed by atoms with van der Waals surface area (Å²) in [6.07, 6.45) is -14.3. The van der Waals surface area contributed by atoms with E-state index >= 15 is 45.5 Å². The van der Waals surface area contributed by atoms with Crippen molar-refractivity contribution in [3.05, 3.63) is 168 Å². The summed E-state index contributed by atoms with van der Waals surface area (Å²) in [5, 5.41) is -1.75. The van der Waals surface area contributed by atoms with Gasteiger partial charge in [-0.25, -0.2) is 19.2 Å². The number of halogens is 6. The van der Waals surface area contributed by atoms with Gasteiger partial charge >= 0.3 is 36.2 Å². The van der Waals surface area contributed by atoms with E-state index in [1.807, 2.05) is 0 Å². The number of benzene rings is 9. The van der Waals surface area contributed by atoms with Crippen molar-refractivity contribution in [1.82, 2.24) is 9.80 Å². The van der Waals surface area contributed by atoms with Crippen molar-refractivity contribution >= 4 is 90.6 Å². The predicted molar refractivity (Wildman–Crippen MR) is 374 cm³/mol. The van der Waals surface area contributed by atoms with Crippen LogP contribution in [-0.4, -0.2) is 163 Å². The molecule has 564 valence electrons. The number of hydrogen-bond acceptors (Lipinski definition) is 22. The molecule has 2 atom stereocenters. The van der Waals surface area contributed by atoms with Gasteiger partial charge in [-0.3, -0.25) is 29.0 Å². The standard InChI is InChI=1S/C78H68F6N2O22/c1-9-41(3)73(91)101-27-23-99-25-29-103-75(93)55(39-77(79,80)81)85-69(87)51-35-57(105-47-19-11-15-43(31-47)95-5)63-65-59(107-49-21-13-17-45(33-49)97-7)37-53-62-54(72(90)86(71(53)89)56(40-78(82,83)84)76(94)104-30-26-100-24-28-102-74(92)42(4)10-2)38-60(108-50-22-14-18-46(34-50)98-8)66(68(62)65)64-58(36-52(70(85)88)61(51)67(63)64)106-48-20-12-16-44(32-48)96-6/h11-22,31-38,55-56H,3-4,9-10,23-30,39-40H2,1-2,5-8H3. The van der Waals surface area contributed by atoms with Gasteiger partial charge in [0.1, 0.15) is 108 Å². The van der Waals surface area contributed by atoms with Gasteiger partial charge in [0, 0.05) is 78.5 Å². The van der Waals surface area contributed by atoms with Crippen molar-refractivity contribution in [2.75, 3.05) is 81.3 Å². The maximum atomic E-state index is 15.9. The van der Waals surface area contributed by atoms with Crippen LogP contribution in [0.4, 0.5) is 26.3 Å². The summed E-state index contributed by atoms with van der Waals surface area (Å²) < 4.78 is 172. The third-order valence-corrected chi connectivity index (χ3v) is 17.4. The zero-order valence-corrected chi connectivity index (χ0v) is 58.7. The second kappa shape index (κ2) is 32.7. The number of hydrogen-bond donors (Lipinski definition) is 0. The third kappa shape index (κ3) is 16.4. The van der Waals surface area contributed by atoms with Gasteiger partial charge in [0.05, 0.1) is 90.0 Å². The molecule has 2 aliphatic heterocycles. The number of nitrogens with zero attached hydrogens (tertiary/aromatic N) is 2. The Kier molecular flexibility index (Phi) is 23.3. The Morgan fingerprint density at radius 3 is 0.852 bits per heavy atom. The summed E-state index contributed by atoms with van der Waals surface area (Å²) in [6, 6.07) is 22.6. The largest absolute Gasteiger partial charge is 0.497 e. The minimum absolute atomic E-state index is 0.0512. The zero-order valence-electron chi connectivity index (χ0n) is 58.7. The normalized spacial score (nSPS) is 13.3. The summed E-state index contributed by atoms with van der Waals surface area (Å²) in [5.41, 5.74) is -1.94. The smallest absolute Gasteiger partial charge is 0.391 e. The molecular formula is C78H68F6N2O22. The van der Waals surface area contributed by atoms with Gasteiger partial charge in [0.15, 0.2) is 0 Å². The highest BCUT2D eigenvalue weighted by Crippen LogP contribution is 2.59. The van der Waals surface area contributed by atoms with Crippen molar-refractivity contribution in [2.24, 2.45) is 0 Å². The Balaban J connectivity index is 1.20. The number of carbonyl (C=O) groups is 8. The Morgan fingerprint density at radius 2 is 0.611 bits per heavy atom. The van der Waals surface area contributed by atoms with E-state index in [1.165, 1.54) is 101 Å². The molecule has 0 fully saturated rings. The van der Waals surface area contributed by atoms with E-state index < -0.39 is 156 Å². The topological polar surface area (TPSA) is 272 Å². The van der Waals surface area contributed by atoms with E-state index in [4.69, 9.17) is 66.3 Å². The van der Waals surface area contributed by atoms with Crippen molar-refractivity contribution < 1.29 is 131 Å². The molecule has 0 aliphatic carbocycles. The number of rotatable bonds is 34. The van der Waals surface area contributed by atoms with Crippen molar-refractivity contribution in [2.45, 2.75) is 64.0 Å². The van der Waals surface area contributed by atoms with Crippen LogP contribution in [-0.2, 0) is 47.6 Å². The molecule has 11 rings (SSSR count). The van der Waals surface area contributed by atoms with Crippen LogP contribution < -0.4 is 37.9 Å². The second-order valence-corrected chi connectivity index (χ2v) is 24.2. The monoisotopic (exact) mass is 1500 g/mol. The van der Waals surface area contributed by atoms with E-state index in [2.05, 4.69) is 13.2 Å². The van der Waals surface area contributed by atoms with Crippen LogP contribution >= 0.6 is 0 Å². The van der Waals surface area contributed by atoms with Gasteiger partial charge < -0.3 is 66.3 Å². The molecule has 0 N–H and O–H groups in total. The Labute approximate surface area is 611 Å². The molecular weight excluding hydrogens is 1430 g/mol. The van der Waals surface area contributed by atoms with Crippen LogP contribution in [0.1, 0.15) is 81.0 Å². The van der Waals surface area contributed by atoms with E-state index in [0.717, 1.165) is 24.3 Å². The number of amides is 4. The van der Waals surface area contributed by atoms with Gasteiger partial charge in [0.25, 0.3) is 23.6 Å². The lowest BCUT2D eigenvalue weighted by Gasteiger charge is -2.35. The van der Waals surface area contributed by atoms with Crippen molar-refractivity contribution in [3.63, 3.8) is 0 Å². The lowest BCUT2D eigenvalue weighted by Crippen LogP contribution is -2.52. The molecule has 30 heteroatoms. The fraction of sp³-hybridized carbons (Fsp3) is 0.282. The summed E-state index contributed by atoms with van der Waals surface area (Å²) in [4.78, 5) is 117. The molecule has 0 saturated heterocycles. The molecule has 2 aliphatic rings. The molecule has 108 heavy (non-hydrogen) atoms. The van der Waals surface area contributed by atoms with E-state index in [-0.39, 0.29) is 136 Å². The first-order chi connectivity index (χ1) is 51.7. The minimum Gasteiger partial charge on any atom is -0.497 e. The Bertz CT molecular complexity index is 4520. The maximum Gasteiger partial charge on any atom is 0.391 e. The number of alkyl halides is 6. The highest BCUT2D eigenvalue weighted by Gasteiger charge is 2.51. The molecule has 0 radical (unpaired) electrons. The van der Waals surface area contributed by atoms with Gasteiger partial charge in [-0.1, -0.05) is 51.3 Å². The van der Waals surface area contributed by atoms with Crippen LogP contribution in [0.25, 0.3) is 43.1 Å². The van der Waals surface area contributed by atoms with E-state index in [9.17, 15) is 19.2 Å².